The number of thiol groups is 1. The number of thiocarbonyl (C=S) groups is 1. The van der Waals surface area contributed by atoms with E-state index in [9.17, 15) is 0 Å². The summed E-state index contributed by atoms with van der Waals surface area (Å²) in [5.41, 5.74) is 4.10. The van der Waals surface area contributed by atoms with E-state index in [1.54, 1.807) is 6.07 Å². The number of aryl methyl sites for hydroxylation is 2. The van der Waals surface area contributed by atoms with Gasteiger partial charge in [0.05, 0.1) is 10.7 Å². The van der Waals surface area contributed by atoms with Crippen molar-refractivity contribution in [1.29, 1.82) is 0 Å². The Balaban J connectivity index is 2.18. The maximum atomic E-state index is 6.21. The standard InChI is InChI=1S/C17H18ClNOS2/c1-3-12-7-8-15(11(2)9-12)20-10-13-5-4-6-14(18)16(13)19-17(21)22/h4-9H,3,10H2,1-2H3,(H2,19,21,22). The first-order valence-corrected chi connectivity index (χ1v) is 8.24. The summed E-state index contributed by atoms with van der Waals surface area (Å²) in [4.78, 5) is 0. The summed E-state index contributed by atoms with van der Waals surface area (Å²) in [7, 11) is 0. The highest BCUT2D eigenvalue weighted by molar-refractivity contribution is 8.11. The third-order valence-corrected chi connectivity index (χ3v) is 3.89. The Morgan fingerprint density at radius 2 is 2.09 bits per heavy atom. The van der Waals surface area contributed by atoms with Crippen LogP contribution in [0.15, 0.2) is 36.4 Å². The second-order valence-electron chi connectivity index (χ2n) is 4.95. The predicted octanol–water partition coefficient (Wildman–Crippen LogP) is 5.42. The molecule has 0 spiro atoms. The molecule has 2 rings (SSSR count). The van der Waals surface area contributed by atoms with E-state index in [2.05, 4.69) is 43.9 Å². The van der Waals surface area contributed by atoms with Gasteiger partial charge in [-0.3, -0.25) is 0 Å². The molecular weight excluding hydrogens is 334 g/mol. The largest absolute Gasteiger partial charge is 0.489 e. The summed E-state index contributed by atoms with van der Waals surface area (Å²) < 4.78 is 6.31. The van der Waals surface area contributed by atoms with Crippen molar-refractivity contribution < 1.29 is 4.74 Å². The molecule has 0 radical (unpaired) electrons. The molecule has 0 amide bonds. The van der Waals surface area contributed by atoms with Crippen molar-refractivity contribution in [3.8, 4) is 5.75 Å². The fraction of sp³-hybridized carbons (Fsp3) is 0.235. The van der Waals surface area contributed by atoms with E-state index in [1.165, 1.54) is 5.56 Å². The fourth-order valence-electron chi connectivity index (χ4n) is 2.18. The molecule has 2 aromatic carbocycles. The Hall–Kier alpha value is -1.23. The van der Waals surface area contributed by atoms with Crippen LogP contribution in [0.3, 0.4) is 0 Å². The van der Waals surface area contributed by atoms with Gasteiger partial charge in [-0.1, -0.05) is 55.0 Å². The van der Waals surface area contributed by atoms with Gasteiger partial charge in [-0.2, -0.15) is 0 Å². The molecule has 0 heterocycles. The van der Waals surface area contributed by atoms with Gasteiger partial charge in [-0.25, -0.2) is 0 Å². The maximum Gasteiger partial charge on any atom is 0.135 e. The lowest BCUT2D eigenvalue weighted by atomic mass is 10.1. The number of hydrogen-bond acceptors (Lipinski definition) is 2. The van der Waals surface area contributed by atoms with E-state index in [-0.39, 0.29) is 0 Å². The van der Waals surface area contributed by atoms with E-state index in [1.807, 2.05) is 18.2 Å². The molecule has 0 aromatic heterocycles. The van der Waals surface area contributed by atoms with Crippen molar-refractivity contribution in [2.45, 2.75) is 26.9 Å². The molecule has 0 aliphatic rings. The zero-order chi connectivity index (χ0) is 16.1. The number of ether oxygens (including phenoxy) is 1. The van der Waals surface area contributed by atoms with Crippen LogP contribution in [0.25, 0.3) is 0 Å². The highest BCUT2D eigenvalue weighted by Gasteiger charge is 2.09. The van der Waals surface area contributed by atoms with Gasteiger partial charge in [0.2, 0.25) is 0 Å². The van der Waals surface area contributed by atoms with Crippen molar-refractivity contribution in [3.63, 3.8) is 0 Å². The number of anilines is 1. The minimum atomic E-state index is 0.373. The summed E-state index contributed by atoms with van der Waals surface area (Å²) in [5.74, 6) is 0.872. The van der Waals surface area contributed by atoms with Gasteiger partial charge in [0.15, 0.2) is 0 Å². The first-order valence-electron chi connectivity index (χ1n) is 7.01. The average molecular weight is 352 g/mol. The van der Waals surface area contributed by atoms with Gasteiger partial charge in [0.1, 0.15) is 16.7 Å². The molecule has 0 aliphatic heterocycles. The summed E-state index contributed by atoms with van der Waals surface area (Å²) >= 11 is 15.3. The number of nitrogens with one attached hydrogen (secondary N) is 1. The highest BCUT2D eigenvalue weighted by atomic mass is 35.5. The van der Waals surface area contributed by atoms with Gasteiger partial charge in [0, 0.05) is 5.56 Å². The molecule has 2 nitrogen and oxygen atoms in total. The van der Waals surface area contributed by atoms with Crippen LogP contribution < -0.4 is 10.1 Å². The number of hydrogen-bond donors (Lipinski definition) is 2. The molecule has 116 valence electrons. The third-order valence-electron chi connectivity index (χ3n) is 3.36. The summed E-state index contributed by atoms with van der Waals surface area (Å²) in [5, 5.41) is 3.59. The Morgan fingerprint density at radius 3 is 2.73 bits per heavy atom. The van der Waals surface area contributed by atoms with Crippen LogP contribution in [0.1, 0.15) is 23.6 Å². The molecule has 0 bridgehead atoms. The Kier molecular flexibility index (Phi) is 6.12. The molecule has 1 N–H and O–H groups in total. The summed E-state index contributed by atoms with van der Waals surface area (Å²) in [6.45, 7) is 4.60. The van der Waals surface area contributed by atoms with E-state index >= 15 is 0 Å². The Morgan fingerprint density at radius 1 is 1.32 bits per heavy atom. The summed E-state index contributed by atoms with van der Waals surface area (Å²) in [6, 6.07) is 11.9. The minimum absolute atomic E-state index is 0.373. The normalized spacial score (nSPS) is 10.4. The lowest BCUT2D eigenvalue weighted by Gasteiger charge is -2.15. The van der Waals surface area contributed by atoms with Crippen molar-refractivity contribution in [2.75, 3.05) is 5.32 Å². The second-order valence-corrected chi connectivity index (χ2v) is 6.51. The first kappa shape index (κ1) is 17.1. The van der Waals surface area contributed by atoms with E-state index < -0.39 is 0 Å². The van der Waals surface area contributed by atoms with Crippen LogP contribution in [0.2, 0.25) is 5.02 Å². The van der Waals surface area contributed by atoms with Gasteiger partial charge < -0.3 is 10.1 Å². The SMILES string of the molecule is CCc1ccc(OCc2cccc(Cl)c2NC(=S)S)c(C)c1. The molecular formula is C17H18ClNOS2. The van der Waals surface area contributed by atoms with Crippen molar-refractivity contribution in [3.05, 3.63) is 58.1 Å². The number of rotatable bonds is 5. The van der Waals surface area contributed by atoms with Gasteiger partial charge in [-0.15, -0.1) is 12.6 Å². The molecule has 0 fully saturated rings. The van der Waals surface area contributed by atoms with Crippen molar-refractivity contribution >= 4 is 46.5 Å². The first-order chi connectivity index (χ1) is 10.5. The maximum absolute atomic E-state index is 6.21. The van der Waals surface area contributed by atoms with Crippen LogP contribution in [-0.4, -0.2) is 4.32 Å². The number of para-hydroxylation sites is 1. The molecule has 22 heavy (non-hydrogen) atoms. The highest BCUT2D eigenvalue weighted by Crippen LogP contribution is 2.28. The van der Waals surface area contributed by atoms with Crippen LogP contribution >= 0.6 is 36.4 Å². The molecule has 0 atom stereocenters. The molecule has 0 aliphatic carbocycles. The zero-order valence-corrected chi connectivity index (χ0v) is 15.0. The Bertz CT molecular complexity index is 688. The average Bonchev–Trinajstić information content (AvgIpc) is 2.48. The quantitative estimate of drug-likeness (QED) is 0.555. The second kappa shape index (κ2) is 7.86. The molecule has 2 aromatic rings. The van der Waals surface area contributed by atoms with E-state index in [0.29, 0.717) is 16.0 Å². The smallest absolute Gasteiger partial charge is 0.135 e. The van der Waals surface area contributed by atoms with Crippen molar-refractivity contribution in [2.24, 2.45) is 0 Å². The van der Waals surface area contributed by atoms with Crippen molar-refractivity contribution in [1.82, 2.24) is 0 Å². The third kappa shape index (κ3) is 4.38. The van der Waals surface area contributed by atoms with Gasteiger partial charge in [-0.05, 0) is 36.6 Å². The lowest BCUT2D eigenvalue weighted by Crippen LogP contribution is -2.07. The molecule has 0 saturated heterocycles. The Labute approximate surface area is 147 Å². The zero-order valence-electron chi connectivity index (χ0n) is 12.5. The molecule has 0 unspecified atom stereocenters. The lowest BCUT2D eigenvalue weighted by molar-refractivity contribution is 0.304. The number of halogens is 1. The minimum Gasteiger partial charge on any atom is -0.489 e. The van der Waals surface area contributed by atoms with Gasteiger partial charge >= 0.3 is 0 Å². The molecule has 5 heteroatoms. The van der Waals surface area contributed by atoms with E-state index in [0.717, 1.165) is 29.0 Å². The van der Waals surface area contributed by atoms with Crippen LogP contribution in [-0.2, 0) is 13.0 Å². The monoisotopic (exact) mass is 351 g/mol. The summed E-state index contributed by atoms with van der Waals surface area (Å²) in [6.07, 6.45) is 1.02. The molecule has 0 saturated carbocycles. The van der Waals surface area contributed by atoms with Gasteiger partial charge in [0.25, 0.3) is 0 Å². The van der Waals surface area contributed by atoms with Crippen LogP contribution in [0, 0.1) is 6.92 Å². The fourth-order valence-corrected chi connectivity index (χ4v) is 2.64. The van der Waals surface area contributed by atoms with E-state index in [4.69, 9.17) is 28.6 Å². The van der Waals surface area contributed by atoms with Crippen LogP contribution in [0.5, 0.6) is 5.75 Å². The van der Waals surface area contributed by atoms with Crippen LogP contribution in [0.4, 0.5) is 5.69 Å². The predicted molar refractivity (Wildman–Crippen MR) is 102 cm³/mol. The topological polar surface area (TPSA) is 21.3 Å². The number of benzene rings is 2.